The van der Waals surface area contributed by atoms with Crippen molar-refractivity contribution in [2.75, 3.05) is 13.1 Å². The molecule has 0 atom stereocenters. The van der Waals surface area contributed by atoms with E-state index in [0.29, 0.717) is 54.2 Å². The van der Waals surface area contributed by atoms with Crippen molar-refractivity contribution >= 4 is 22.5 Å². The number of halogens is 1. The Morgan fingerprint density at radius 1 is 1.02 bits per heavy atom. The summed E-state index contributed by atoms with van der Waals surface area (Å²) in [6, 6.07) is 15.2. The summed E-state index contributed by atoms with van der Waals surface area (Å²) in [6.07, 6.45) is 4.68. The van der Waals surface area contributed by atoms with Crippen LogP contribution in [-0.4, -0.2) is 48.8 Å². The molecule has 0 aliphatic carbocycles. The Morgan fingerprint density at radius 3 is 2.48 bits per heavy atom. The van der Waals surface area contributed by atoms with Gasteiger partial charge in [-0.2, -0.15) is 5.10 Å². The molecule has 1 saturated heterocycles. The minimum Gasteiger partial charge on any atom is -0.453 e. The van der Waals surface area contributed by atoms with Crippen molar-refractivity contribution in [3.8, 4) is 22.8 Å². The third-order valence-electron chi connectivity index (χ3n) is 7.29. The van der Waals surface area contributed by atoms with Crippen LogP contribution in [0.4, 0.5) is 9.18 Å². The van der Waals surface area contributed by atoms with E-state index >= 15 is 0 Å². The van der Waals surface area contributed by atoms with Crippen LogP contribution in [0.5, 0.6) is 11.5 Å². The molecule has 1 aliphatic heterocycles. The molecule has 216 valence electrons. The van der Waals surface area contributed by atoms with Gasteiger partial charge in [-0.3, -0.25) is 4.79 Å². The third kappa shape index (κ3) is 5.57. The minimum atomic E-state index is -0.543. The molecule has 2 aromatic carbocycles. The summed E-state index contributed by atoms with van der Waals surface area (Å²) < 4.78 is 28.4. The second kappa shape index (κ2) is 10.6. The molecular formula is C32H32FN5O4. The largest absolute Gasteiger partial charge is 0.453 e. The summed E-state index contributed by atoms with van der Waals surface area (Å²) in [5, 5.41) is 6.14. The van der Waals surface area contributed by atoms with Crippen LogP contribution in [0.15, 0.2) is 71.8 Å². The van der Waals surface area contributed by atoms with Crippen LogP contribution in [-0.2, 0) is 4.74 Å². The number of benzene rings is 2. The number of hydrogen-bond acceptors (Lipinski definition) is 6. The van der Waals surface area contributed by atoms with Gasteiger partial charge in [-0.15, -0.1) is 0 Å². The van der Waals surface area contributed by atoms with Crippen LogP contribution >= 0.6 is 0 Å². The summed E-state index contributed by atoms with van der Waals surface area (Å²) in [6.45, 7) is 8.50. The number of likely N-dealkylation sites (tertiary alicyclic amines) is 1. The molecule has 5 aromatic rings. The number of carbonyl (C=O) groups is 1. The maximum absolute atomic E-state index is 13.5. The van der Waals surface area contributed by atoms with Gasteiger partial charge in [-0.1, -0.05) is 6.07 Å². The highest BCUT2D eigenvalue weighted by molar-refractivity contribution is 5.86. The van der Waals surface area contributed by atoms with E-state index < -0.39 is 5.60 Å². The highest BCUT2D eigenvalue weighted by Gasteiger charge is 2.28. The van der Waals surface area contributed by atoms with E-state index in [4.69, 9.17) is 14.6 Å². The second-order valence-electron chi connectivity index (χ2n) is 11.6. The molecule has 10 heteroatoms. The van der Waals surface area contributed by atoms with Gasteiger partial charge in [-0.25, -0.2) is 18.7 Å². The number of nitrogens with zero attached hydrogens (tertiary/aromatic N) is 5. The summed E-state index contributed by atoms with van der Waals surface area (Å²) in [4.78, 5) is 32.2. The van der Waals surface area contributed by atoms with Crippen LogP contribution in [0.1, 0.15) is 45.3 Å². The average Bonchev–Trinajstić information content (AvgIpc) is 3.34. The molecular weight excluding hydrogens is 537 g/mol. The number of hydrogen-bond donors (Lipinski definition) is 0. The zero-order valence-corrected chi connectivity index (χ0v) is 24.0. The molecule has 0 unspecified atom stereocenters. The van der Waals surface area contributed by atoms with Gasteiger partial charge in [0.15, 0.2) is 11.4 Å². The summed E-state index contributed by atoms with van der Waals surface area (Å²) in [7, 11) is 0. The zero-order chi connectivity index (χ0) is 29.6. The van der Waals surface area contributed by atoms with E-state index in [1.165, 1.54) is 12.1 Å². The highest BCUT2D eigenvalue weighted by atomic mass is 19.1. The first-order chi connectivity index (χ1) is 20.0. The summed E-state index contributed by atoms with van der Waals surface area (Å²) >= 11 is 0. The highest BCUT2D eigenvalue weighted by Crippen LogP contribution is 2.31. The topological polar surface area (TPSA) is 91.0 Å². The molecule has 0 radical (unpaired) electrons. The van der Waals surface area contributed by atoms with Crippen LogP contribution < -0.4 is 10.3 Å². The number of pyridine rings is 1. The number of amides is 1. The fourth-order valence-electron chi connectivity index (χ4n) is 5.27. The van der Waals surface area contributed by atoms with Gasteiger partial charge in [0.25, 0.3) is 5.56 Å². The van der Waals surface area contributed by atoms with Gasteiger partial charge in [0, 0.05) is 42.3 Å². The van der Waals surface area contributed by atoms with E-state index in [1.807, 2.05) is 64.4 Å². The van der Waals surface area contributed by atoms with Crippen molar-refractivity contribution in [1.29, 1.82) is 0 Å². The second-order valence-corrected chi connectivity index (χ2v) is 11.6. The molecule has 0 N–H and O–H groups in total. The van der Waals surface area contributed by atoms with Crippen molar-refractivity contribution in [3.05, 3.63) is 88.9 Å². The monoisotopic (exact) mass is 569 g/mol. The summed E-state index contributed by atoms with van der Waals surface area (Å²) in [5.74, 6) is 0.612. The molecule has 1 aliphatic rings. The smallest absolute Gasteiger partial charge is 0.410 e. The lowest BCUT2D eigenvalue weighted by molar-refractivity contribution is 0.0187. The zero-order valence-electron chi connectivity index (χ0n) is 24.0. The fourth-order valence-corrected chi connectivity index (χ4v) is 5.27. The fraction of sp³-hybridized carbons (Fsp3) is 0.312. The average molecular weight is 570 g/mol. The lowest BCUT2D eigenvalue weighted by atomic mass is 10.0. The molecule has 9 nitrogen and oxygen atoms in total. The van der Waals surface area contributed by atoms with E-state index in [1.54, 1.807) is 32.2 Å². The van der Waals surface area contributed by atoms with Crippen molar-refractivity contribution in [3.63, 3.8) is 0 Å². The van der Waals surface area contributed by atoms with E-state index in [0.717, 1.165) is 16.6 Å². The normalized spacial score (nSPS) is 14.5. The third-order valence-corrected chi connectivity index (χ3v) is 7.29. The first-order valence-electron chi connectivity index (χ1n) is 14.0. The molecule has 42 heavy (non-hydrogen) atoms. The van der Waals surface area contributed by atoms with Gasteiger partial charge in [0.05, 0.1) is 17.6 Å². The lowest BCUT2D eigenvalue weighted by Gasteiger charge is -2.34. The molecule has 0 spiro atoms. The number of aromatic nitrogens is 4. The van der Waals surface area contributed by atoms with Crippen molar-refractivity contribution in [2.45, 2.75) is 52.2 Å². The number of imidazole rings is 1. The lowest BCUT2D eigenvalue weighted by Crippen LogP contribution is -2.43. The molecule has 3 aromatic heterocycles. The molecule has 0 bridgehead atoms. The molecule has 0 saturated carbocycles. The number of rotatable bonds is 4. The predicted octanol–water partition coefficient (Wildman–Crippen LogP) is 6.52. The Labute approximate surface area is 242 Å². The van der Waals surface area contributed by atoms with Gasteiger partial charge in [-0.05, 0) is 88.4 Å². The first-order valence-corrected chi connectivity index (χ1v) is 14.0. The van der Waals surface area contributed by atoms with E-state index in [9.17, 15) is 14.0 Å². The van der Waals surface area contributed by atoms with Gasteiger partial charge in [0.1, 0.15) is 17.2 Å². The number of piperidine rings is 1. The van der Waals surface area contributed by atoms with Crippen LogP contribution in [0.2, 0.25) is 0 Å². The number of fused-ring (bicyclic) bond motifs is 2. The Hall–Kier alpha value is -4.73. The Bertz CT molecular complexity index is 1850. The van der Waals surface area contributed by atoms with Crippen LogP contribution in [0.3, 0.4) is 0 Å². The predicted molar refractivity (Wildman–Crippen MR) is 157 cm³/mol. The number of carbonyl (C=O) groups excluding carboxylic acids is 1. The first kappa shape index (κ1) is 27.4. The maximum atomic E-state index is 13.5. The Balaban J connectivity index is 1.27. The molecule has 6 rings (SSSR count). The Kier molecular flexibility index (Phi) is 6.92. The minimum absolute atomic E-state index is 0.0000128. The SMILES string of the molecule is Cc1cn2nc(-c3ccc4c(=O)n(C5CCN(C(=O)OC(C)(C)C)CC5)ccc4c3)cc(Oc3ccc(F)cc3)c2n1. The Morgan fingerprint density at radius 2 is 1.76 bits per heavy atom. The standard InChI is InChI=1S/C32H32FN5O4/c1-20-19-38-29(34-20)28(41-25-8-6-23(33)7-9-25)18-27(35-38)22-5-10-26-21(17-22)11-16-37(30(26)39)24-12-14-36(15-13-24)31(40)42-32(2,3)4/h5-11,16-19,24H,12-15H2,1-4H3. The van der Waals surface area contributed by atoms with Gasteiger partial charge < -0.3 is 18.9 Å². The van der Waals surface area contributed by atoms with E-state index in [2.05, 4.69) is 4.98 Å². The van der Waals surface area contributed by atoms with Crippen molar-refractivity contribution < 1.29 is 18.7 Å². The number of aryl methyl sites for hydroxylation is 1. The van der Waals surface area contributed by atoms with Crippen molar-refractivity contribution in [1.82, 2.24) is 24.1 Å². The van der Waals surface area contributed by atoms with Crippen LogP contribution in [0.25, 0.3) is 27.7 Å². The number of ether oxygens (including phenoxy) is 2. The summed E-state index contributed by atoms with van der Waals surface area (Å²) in [5.41, 5.74) is 2.16. The maximum Gasteiger partial charge on any atom is 0.410 e. The van der Waals surface area contributed by atoms with Gasteiger partial charge in [0.2, 0.25) is 0 Å². The van der Waals surface area contributed by atoms with Gasteiger partial charge >= 0.3 is 6.09 Å². The molecule has 4 heterocycles. The quantitative estimate of drug-likeness (QED) is 0.245. The van der Waals surface area contributed by atoms with E-state index in [-0.39, 0.29) is 23.5 Å². The van der Waals surface area contributed by atoms with Crippen LogP contribution in [0, 0.1) is 12.7 Å². The molecule has 1 fully saturated rings. The van der Waals surface area contributed by atoms with Crippen molar-refractivity contribution in [2.24, 2.45) is 0 Å². The molecule has 1 amide bonds.